The number of rotatable bonds is 2. The van der Waals surface area contributed by atoms with Crippen molar-refractivity contribution in [2.45, 2.75) is 19.6 Å². The third-order valence-corrected chi connectivity index (χ3v) is 1.73. The van der Waals surface area contributed by atoms with Gasteiger partial charge in [-0.15, -0.1) is 0 Å². The molecule has 1 aromatic rings. The van der Waals surface area contributed by atoms with Crippen molar-refractivity contribution in [1.29, 1.82) is 0 Å². The average molecular weight is 172 g/mol. The van der Waals surface area contributed by atoms with E-state index in [2.05, 4.69) is 0 Å². The number of hydrogen-bond acceptors (Lipinski definition) is 2. The summed E-state index contributed by atoms with van der Waals surface area (Å²) in [4.78, 5) is 0. The van der Waals surface area contributed by atoms with Crippen LogP contribution in [-0.4, -0.2) is 10.2 Å². The predicted molar refractivity (Wildman–Crippen MR) is 45.1 cm³/mol. The van der Waals surface area contributed by atoms with Crippen LogP contribution in [0.5, 0.6) is 0 Å². The van der Waals surface area contributed by atoms with Crippen molar-refractivity contribution >= 4 is 0 Å². The molecule has 1 atom stereocenters. The molecule has 0 aliphatic rings. The van der Waals surface area contributed by atoms with Gasteiger partial charge < -0.3 is 10.2 Å². The van der Waals surface area contributed by atoms with Gasteiger partial charge in [-0.3, -0.25) is 0 Å². The number of benzene rings is 1. The number of hydrogen-bond donors (Lipinski definition) is 2. The Kier molecular flexibility index (Phi) is 2.78. The Morgan fingerprint density at radius 3 is 2.75 bits per heavy atom. The lowest BCUT2D eigenvalue weighted by Gasteiger charge is -2.09. The molecule has 0 aromatic heterocycles. The van der Waals surface area contributed by atoms with E-state index in [0.29, 0.717) is 11.1 Å². The van der Waals surface area contributed by atoms with Gasteiger partial charge in [0.25, 0.3) is 0 Å². The molecule has 0 heterocycles. The summed E-state index contributed by atoms with van der Waals surface area (Å²) < 4.78 is 12.6. The summed E-state index contributed by atoms with van der Waals surface area (Å²) in [5.74, 6) is -0.400. The summed E-state index contributed by atoms with van der Waals surface area (Å²) in [7, 11) is 0. The molecule has 0 radical (unpaired) electrons. The zero-order chi connectivity index (χ0) is 9.14. The maximum absolute atomic E-state index is 12.6. The van der Waals surface area contributed by atoms with Crippen molar-refractivity contribution < 1.29 is 16.0 Å². The van der Waals surface area contributed by atoms with E-state index in [-0.39, 0.29) is 8.03 Å². The molecule has 0 aliphatic carbocycles. The highest BCUT2D eigenvalue weighted by Crippen LogP contribution is 2.18. The maximum Gasteiger partial charge on any atom is 0.123 e. The van der Waals surface area contributed by atoms with Gasteiger partial charge in [0.2, 0.25) is 0 Å². The van der Waals surface area contributed by atoms with E-state index in [1.54, 1.807) is 6.92 Å². The maximum atomic E-state index is 12.6. The van der Waals surface area contributed by atoms with Crippen LogP contribution in [0.25, 0.3) is 0 Å². The van der Waals surface area contributed by atoms with E-state index in [0.717, 1.165) is 0 Å². The third-order valence-electron chi connectivity index (χ3n) is 1.73. The van der Waals surface area contributed by atoms with E-state index in [4.69, 9.17) is 5.11 Å². The van der Waals surface area contributed by atoms with Crippen LogP contribution in [-0.2, 0) is 6.61 Å². The third kappa shape index (κ3) is 1.81. The van der Waals surface area contributed by atoms with Crippen molar-refractivity contribution in [3.8, 4) is 0 Å². The molecular formula is C9H13FO2. The standard InChI is InChI=1S/C9H11FO2.H2/c1-6(12)9-3-2-8(10)4-7(9)5-11;/h2-4,6,11-12H,5H2,1H3;1H/t6-;/m1./s1. The van der Waals surface area contributed by atoms with Crippen molar-refractivity contribution in [2.24, 2.45) is 0 Å². The highest BCUT2D eigenvalue weighted by atomic mass is 19.1. The van der Waals surface area contributed by atoms with Crippen LogP contribution < -0.4 is 0 Å². The van der Waals surface area contributed by atoms with Gasteiger partial charge in [-0.1, -0.05) is 6.07 Å². The molecule has 0 bridgehead atoms. The van der Waals surface area contributed by atoms with Crippen LogP contribution in [0.2, 0.25) is 0 Å². The summed E-state index contributed by atoms with van der Waals surface area (Å²) in [6.45, 7) is 1.32. The molecule has 0 aliphatic heterocycles. The largest absolute Gasteiger partial charge is 0.392 e. The Labute approximate surface area is 71.8 Å². The lowest BCUT2D eigenvalue weighted by atomic mass is 10.0. The second-order valence-electron chi connectivity index (χ2n) is 2.68. The zero-order valence-corrected chi connectivity index (χ0v) is 6.79. The molecule has 0 saturated carbocycles. The zero-order valence-electron chi connectivity index (χ0n) is 6.79. The van der Waals surface area contributed by atoms with E-state index in [9.17, 15) is 9.50 Å². The first-order chi connectivity index (χ1) is 5.65. The normalized spacial score (nSPS) is 13.0. The van der Waals surface area contributed by atoms with Crippen LogP contribution in [0.15, 0.2) is 18.2 Å². The van der Waals surface area contributed by atoms with E-state index >= 15 is 0 Å². The Morgan fingerprint density at radius 1 is 1.58 bits per heavy atom. The Morgan fingerprint density at radius 2 is 2.25 bits per heavy atom. The van der Waals surface area contributed by atoms with Crippen molar-refractivity contribution in [1.82, 2.24) is 0 Å². The van der Waals surface area contributed by atoms with E-state index < -0.39 is 11.9 Å². The van der Waals surface area contributed by atoms with Crippen LogP contribution in [0, 0.1) is 5.82 Å². The molecule has 12 heavy (non-hydrogen) atoms. The first-order valence-corrected chi connectivity index (χ1v) is 3.72. The Balaban J connectivity index is 0.00000144. The molecule has 0 unspecified atom stereocenters. The lowest BCUT2D eigenvalue weighted by Crippen LogP contribution is -1.98. The summed E-state index contributed by atoms with van der Waals surface area (Å²) in [5.41, 5.74) is 1.00. The van der Waals surface area contributed by atoms with Crippen molar-refractivity contribution in [3.63, 3.8) is 0 Å². The Bertz CT molecular complexity index is 276. The predicted octanol–water partition coefficient (Wildman–Crippen LogP) is 1.62. The van der Waals surface area contributed by atoms with E-state index in [1.807, 2.05) is 0 Å². The first kappa shape index (κ1) is 9.16. The fourth-order valence-corrected chi connectivity index (χ4v) is 1.12. The molecule has 0 amide bonds. The fraction of sp³-hybridized carbons (Fsp3) is 0.333. The van der Waals surface area contributed by atoms with Crippen LogP contribution in [0.3, 0.4) is 0 Å². The van der Waals surface area contributed by atoms with Gasteiger partial charge in [-0.2, -0.15) is 0 Å². The van der Waals surface area contributed by atoms with Gasteiger partial charge in [0.05, 0.1) is 12.7 Å². The molecule has 0 spiro atoms. The fourth-order valence-electron chi connectivity index (χ4n) is 1.12. The van der Waals surface area contributed by atoms with Gasteiger partial charge in [-0.05, 0) is 30.2 Å². The minimum Gasteiger partial charge on any atom is -0.392 e. The van der Waals surface area contributed by atoms with Gasteiger partial charge in [0.1, 0.15) is 5.82 Å². The lowest BCUT2D eigenvalue weighted by molar-refractivity contribution is 0.193. The second-order valence-corrected chi connectivity index (χ2v) is 2.68. The van der Waals surface area contributed by atoms with Crippen LogP contribution in [0.1, 0.15) is 25.6 Å². The van der Waals surface area contributed by atoms with Gasteiger partial charge in [0, 0.05) is 1.43 Å². The molecule has 0 fully saturated rings. The topological polar surface area (TPSA) is 40.5 Å². The van der Waals surface area contributed by atoms with Crippen molar-refractivity contribution in [3.05, 3.63) is 35.1 Å². The number of aliphatic hydroxyl groups is 2. The number of aliphatic hydroxyl groups excluding tert-OH is 2. The first-order valence-electron chi connectivity index (χ1n) is 3.72. The van der Waals surface area contributed by atoms with Crippen LogP contribution in [0.4, 0.5) is 4.39 Å². The van der Waals surface area contributed by atoms with Gasteiger partial charge >= 0.3 is 0 Å². The van der Waals surface area contributed by atoms with Crippen molar-refractivity contribution in [2.75, 3.05) is 0 Å². The smallest absolute Gasteiger partial charge is 0.123 e. The second kappa shape index (κ2) is 3.65. The van der Waals surface area contributed by atoms with Gasteiger partial charge in [-0.25, -0.2) is 4.39 Å². The summed E-state index contributed by atoms with van der Waals surface area (Å²) in [6.07, 6.45) is -0.673. The SMILES string of the molecule is C[C@@H](O)c1ccc(F)cc1CO.[HH]. The molecule has 68 valence electrons. The summed E-state index contributed by atoms with van der Waals surface area (Å²) in [6, 6.07) is 3.97. The molecule has 1 rings (SSSR count). The van der Waals surface area contributed by atoms with E-state index in [1.165, 1.54) is 18.2 Å². The molecule has 3 heteroatoms. The number of halogens is 1. The summed E-state index contributed by atoms with van der Waals surface area (Å²) in [5, 5.41) is 18.0. The van der Waals surface area contributed by atoms with Crippen LogP contribution >= 0.6 is 0 Å². The summed E-state index contributed by atoms with van der Waals surface area (Å²) >= 11 is 0. The average Bonchev–Trinajstić information content (AvgIpc) is 2.03. The highest BCUT2D eigenvalue weighted by molar-refractivity contribution is 5.28. The van der Waals surface area contributed by atoms with Gasteiger partial charge in [0.15, 0.2) is 0 Å². The highest BCUT2D eigenvalue weighted by Gasteiger charge is 2.07. The quantitative estimate of drug-likeness (QED) is 0.711. The molecular weight excluding hydrogens is 159 g/mol. The molecule has 2 nitrogen and oxygen atoms in total. The molecule has 1 aromatic carbocycles. The monoisotopic (exact) mass is 172 g/mol. The minimum atomic E-state index is -0.673. The molecule has 2 N–H and O–H groups in total. The minimum absolute atomic E-state index is 0. The molecule has 0 saturated heterocycles. The Hall–Kier alpha value is -0.930.